The van der Waals surface area contributed by atoms with Crippen molar-refractivity contribution < 1.29 is 4.79 Å². The van der Waals surface area contributed by atoms with Gasteiger partial charge in [0, 0.05) is 6.04 Å². The molecule has 0 amide bonds. The van der Waals surface area contributed by atoms with Gasteiger partial charge >= 0.3 is 0 Å². The molecule has 0 spiro atoms. The molecule has 3 unspecified atom stereocenters. The van der Waals surface area contributed by atoms with E-state index in [-0.39, 0.29) is 18.0 Å². The third-order valence-electron chi connectivity index (χ3n) is 4.96. The van der Waals surface area contributed by atoms with E-state index in [1.807, 2.05) is 6.92 Å². The first kappa shape index (κ1) is 13.8. The number of rotatable bonds is 3. The molecule has 1 saturated carbocycles. The fourth-order valence-electron chi connectivity index (χ4n) is 3.62. The van der Waals surface area contributed by atoms with Crippen molar-refractivity contribution in [2.75, 3.05) is 0 Å². The van der Waals surface area contributed by atoms with Crippen LogP contribution in [0, 0.1) is 5.92 Å². The molecule has 2 aliphatic rings. The average Bonchev–Trinajstić information content (AvgIpc) is 2.89. The van der Waals surface area contributed by atoms with Crippen LogP contribution in [-0.4, -0.2) is 12.3 Å². The Kier molecular flexibility index (Phi) is 4.18. The molecule has 0 radical (unpaired) electrons. The normalized spacial score (nSPS) is 31.4. The first-order chi connectivity index (χ1) is 9.79. The summed E-state index contributed by atoms with van der Waals surface area (Å²) in [7, 11) is 0. The van der Waals surface area contributed by atoms with Crippen LogP contribution in [0.3, 0.4) is 0 Å². The van der Waals surface area contributed by atoms with E-state index >= 15 is 0 Å². The van der Waals surface area contributed by atoms with Crippen LogP contribution >= 0.6 is 0 Å². The van der Waals surface area contributed by atoms with E-state index in [4.69, 9.17) is 0 Å². The minimum Gasteiger partial charge on any atom is -0.303 e. The maximum absolute atomic E-state index is 11.2. The largest absolute Gasteiger partial charge is 0.303 e. The molecule has 0 aromatic heterocycles. The van der Waals surface area contributed by atoms with Crippen molar-refractivity contribution >= 4 is 6.29 Å². The van der Waals surface area contributed by atoms with Crippen LogP contribution in [0.5, 0.6) is 0 Å². The highest BCUT2D eigenvalue weighted by molar-refractivity contribution is 5.58. The van der Waals surface area contributed by atoms with E-state index in [2.05, 4.69) is 35.1 Å². The Bertz CT molecular complexity index is 451. The van der Waals surface area contributed by atoms with Crippen LogP contribution in [0.4, 0.5) is 0 Å². The molecule has 2 fully saturated rings. The summed E-state index contributed by atoms with van der Waals surface area (Å²) in [6, 6.07) is 9.20. The van der Waals surface area contributed by atoms with Crippen LogP contribution < -0.4 is 10.9 Å². The topological polar surface area (TPSA) is 41.1 Å². The van der Waals surface area contributed by atoms with Gasteiger partial charge in [-0.1, -0.05) is 43.5 Å². The maximum Gasteiger partial charge on any atom is 0.126 e. The zero-order chi connectivity index (χ0) is 13.9. The summed E-state index contributed by atoms with van der Waals surface area (Å²) in [6.07, 6.45) is 7.85. The summed E-state index contributed by atoms with van der Waals surface area (Å²) < 4.78 is 0. The molecule has 20 heavy (non-hydrogen) atoms. The lowest BCUT2D eigenvalue weighted by Gasteiger charge is -2.23. The van der Waals surface area contributed by atoms with Crippen molar-refractivity contribution in [3.63, 3.8) is 0 Å². The van der Waals surface area contributed by atoms with Crippen LogP contribution in [0.15, 0.2) is 24.3 Å². The molecule has 1 saturated heterocycles. The number of hydrogen-bond acceptors (Lipinski definition) is 3. The average molecular weight is 272 g/mol. The molecule has 3 nitrogen and oxygen atoms in total. The van der Waals surface area contributed by atoms with Crippen LogP contribution in [0.2, 0.25) is 0 Å². The molecule has 3 rings (SSSR count). The van der Waals surface area contributed by atoms with E-state index in [9.17, 15) is 4.79 Å². The molecular formula is C17H24N2O. The molecule has 0 bridgehead atoms. The van der Waals surface area contributed by atoms with Gasteiger partial charge in [-0.15, -0.1) is 0 Å². The number of carbonyl (C=O) groups is 1. The molecule has 1 heterocycles. The summed E-state index contributed by atoms with van der Waals surface area (Å²) in [5.74, 6) is 0.754. The Morgan fingerprint density at radius 2 is 1.65 bits per heavy atom. The third-order valence-corrected chi connectivity index (χ3v) is 4.96. The highest BCUT2D eigenvalue weighted by Crippen LogP contribution is 2.34. The maximum atomic E-state index is 11.2. The summed E-state index contributed by atoms with van der Waals surface area (Å²) >= 11 is 0. The van der Waals surface area contributed by atoms with Crippen molar-refractivity contribution in [1.82, 2.24) is 10.9 Å². The van der Waals surface area contributed by atoms with Gasteiger partial charge in [-0.05, 0) is 36.8 Å². The molecule has 3 atom stereocenters. The van der Waals surface area contributed by atoms with Crippen molar-refractivity contribution in [2.24, 2.45) is 5.92 Å². The Balaban J connectivity index is 1.74. The minimum atomic E-state index is 0.00975. The standard InChI is InChI=1S/C17H24N2O/c1-12-16(11-20)17(19-18-12)15-9-7-14(8-10-15)13-5-3-2-4-6-13/h7-13,16-19H,2-6H2,1H3. The smallest absolute Gasteiger partial charge is 0.126 e. The molecular weight excluding hydrogens is 248 g/mol. The van der Waals surface area contributed by atoms with E-state index in [0.29, 0.717) is 0 Å². The number of aldehydes is 1. The molecule has 3 heteroatoms. The zero-order valence-electron chi connectivity index (χ0n) is 12.1. The van der Waals surface area contributed by atoms with Crippen molar-refractivity contribution in [3.05, 3.63) is 35.4 Å². The predicted molar refractivity (Wildman–Crippen MR) is 80.3 cm³/mol. The van der Waals surface area contributed by atoms with E-state index in [0.717, 1.165) is 12.2 Å². The SMILES string of the molecule is CC1NNC(c2ccc(C3CCCCC3)cc2)C1C=O. The Labute approximate surface area is 121 Å². The predicted octanol–water partition coefficient (Wildman–Crippen LogP) is 3.09. The fourth-order valence-corrected chi connectivity index (χ4v) is 3.62. The number of carbonyl (C=O) groups excluding carboxylic acids is 1. The van der Waals surface area contributed by atoms with E-state index < -0.39 is 0 Å². The third kappa shape index (κ3) is 2.65. The second-order valence-corrected chi connectivity index (χ2v) is 6.27. The van der Waals surface area contributed by atoms with Gasteiger partial charge in [0.05, 0.1) is 12.0 Å². The Morgan fingerprint density at radius 1 is 1.00 bits per heavy atom. The highest BCUT2D eigenvalue weighted by Gasteiger charge is 2.33. The van der Waals surface area contributed by atoms with Gasteiger partial charge in [0.1, 0.15) is 6.29 Å². The second kappa shape index (κ2) is 6.06. The Hall–Kier alpha value is -1.19. The number of benzene rings is 1. The number of hydrazine groups is 1. The van der Waals surface area contributed by atoms with Gasteiger partial charge in [0.25, 0.3) is 0 Å². The molecule has 2 N–H and O–H groups in total. The van der Waals surface area contributed by atoms with Crippen molar-refractivity contribution in [1.29, 1.82) is 0 Å². The van der Waals surface area contributed by atoms with Crippen LogP contribution in [0.25, 0.3) is 0 Å². The monoisotopic (exact) mass is 272 g/mol. The van der Waals surface area contributed by atoms with Gasteiger partial charge in [0.2, 0.25) is 0 Å². The van der Waals surface area contributed by atoms with Gasteiger partial charge in [-0.3, -0.25) is 5.43 Å². The fraction of sp³-hybridized carbons (Fsp3) is 0.588. The van der Waals surface area contributed by atoms with Crippen LogP contribution in [-0.2, 0) is 4.79 Å². The van der Waals surface area contributed by atoms with Crippen LogP contribution in [0.1, 0.15) is 62.1 Å². The second-order valence-electron chi connectivity index (χ2n) is 6.27. The zero-order valence-corrected chi connectivity index (χ0v) is 12.1. The lowest BCUT2D eigenvalue weighted by Crippen LogP contribution is -2.29. The first-order valence-electron chi connectivity index (χ1n) is 7.86. The summed E-state index contributed by atoms with van der Waals surface area (Å²) in [5, 5.41) is 0. The van der Waals surface area contributed by atoms with E-state index in [1.165, 1.54) is 43.2 Å². The minimum absolute atomic E-state index is 0.00975. The molecule has 1 aromatic carbocycles. The summed E-state index contributed by atoms with van der Waals surface area (Å²) in [4.78, 5) is 11.2. The van der Waals surface area contributed by atoms with Gasteiger partial charge in [-0.2, -0.15) is 0 Å². The van der Waals surface area contributed by atoms with Gasteiger partial charge < -0.3 is 4.79 Å². The molecule has 1 aliphatic heterocycles. The molecule has 1 aliphatic carbocycles. The van der Waals surface area contributed by atoms with Gasteiger partial charge in [-0.25, -0.2) is 5.43 Å². The van der Waals surface area contributed by atoms with Crippen molar-refractivity contribution in [2.45, 2.75) is 57.0 Å². The first-order valence-corrected chi connectivity index (χ1v) is 7.86. The number of hydrogen-bond donors (Lipinski definition) is 2. The lowest BCUT2D eigenvalue weighted by molar-refractivity contribution is -0.111. The Morgan fingerprint density at radius 3 is 2.30 bits per heavy atom. The quantitative estimate of drug-likeness (QED) is 0.831. The molecule has 1 aromatic rings. The van der Waals surface area contributed by atoms with E-state index in [1.54, 1.807) is 0 Å². The lowest BCUT2D eigenvalue weighted by atomic mass is 9.83. The van der Waals surface area contributed by atoms with Gasteiger partial charge in [0.15, 0.2) is 0 Å². The summed E-state index contributed by atoms with van der Waals surface area (Å²) in [5.41, 5.74) is 9.08. The number of nitrogens with one attached hydrogen (secondary N) is 2. The molecule has 108 valence electrons. The highest BCUT2D eigenvalue weighted by atomic mass is 16.1. The van der Waals surface area contributed by atoms with Crippen molar-refractivity contribution in [3.8, 4) is 0 Å². The summed E-state index contributed by atoms with van der Waals surface area (Å²) in [6.45, 7) is 2.04.